The van der Waals surface area contributed by atoms with Crippen LogP contribution in [-0.4, -0.2) is 28.9 Å². The molecule has 1 amide bonds. The first kappa shape index (κ1) is 26.9. The van der Waals surface area contributed by atoms with Crippen LogP contribution < -0.4 is 24.3 Å². The van der Waals surface area contributed by atoms with Gasteiger partial charge in [0.25, 0.3) is 5.91 Å². The summed E-state index contributed by atoms with van der Waals surface area (Å²) in [5.74, 6) is 2.32. The molecule has 1 heterocycles. The molecule has 0 unspecified atom stereocenters. The van der Waals surface area contributed by atoms with Gasteiger partial charge in [0.15, 0.2) is 23.9 Å². The molecule has 0 aliphatic rings. The van der Waals surface area contributed by atoms with Gasteiger partial charge in [0.05, 0.1) is 18.2 Å². The maximum Gasteiger partial charge on any atom is 0.276 e. The van der Waals surface area contributed by atoms with Crippen LogP contribution in [0, 0.1) is 6.92 Å². The van der Waals surface area contributed by atoms with Gasteiger partial charge in [-0.15, -0.1) is 0 Å². The molecule has 1 aromatic heterocycles. The molecule has 0 bridgehead atoms. The number of carbonyl (C=O) groups is 1. The number of amides is 1. The van der Waals surface area contributed by atoms with E-state index in [2.05, 4.69) is 10.4 Å². The highest BCUT2D eigenvalue weighted by Gasteiger charge is 2.11. The van der Waals surface area contributed by atoms with Crippen LogP contribution in [0.25, 0.3) is 0 Å². The predicted molar refractivity (Wildman–Crippen MR) is 147 cm³/mol. The van der Waals surface area contributed by atoms with Crippen molar-refractivity contribution in [3.63, 3.8) is 0 Å². The van der Waals surface area contributed by atoms with Gasteiger partial charge < -0.3 is 24.3 Å². The fraction of sp³-hybridized carbons (Fsp3) is 0.241. The van der Waals surface area contributed by atoms with Crippen molar-refractivity contribution in [2.24, 2.45) is 0 Å². The number of halogens is 1. The van der Waals surface area contributed by atoms with Gasteiger partial charge in [0, 0.05) is 11.9 Å². The van der Waals surface area contributed by atoms with Gasteiger partial charge in [-0.25, -0.2) is 4.68 Å². The molecule has 0 saturated heterocycles. The van der Waals surface area contributed by atoms with Crippen molar-refractivity contribution < 1.29 is 23.7 Å². The van der Waals surface area contributed by atoms with E-state index in [9.17, 15) is 4.79 Å². The second-order valence-electron chi connectivity index (χ2n) is 8.36. The van der Waals surface area contributed by atoms with Crippen molar-refractivity contribution in [3.05, 3.63) is 94.8 Å². The lowest BCUT2D eigenvalue weighted by molar-refractivity contribution is 0.102. The average molecular weight is 536 g/mol. The summed E-state index contributed by atoms with van der Waals surface area (Å²) in [6.07, 6.45) is 1.67. The Bertz CT molecular complexity index is 1370. The zero-order chi connectivity index (χ0) is 26.9. The van der Waals surface area contributed by atoms with Crippen molar-refractivity contribution in [1.82, 2.24) is 9.78 Å². The summed E-state index contributed by atoms with van der Waals surface area (Å²) in [5, 5.41) is 7.64. The van der Waals surface area contributed by atoms with Crippen LogP contribution in [0.4, 0.5) is 5.69 Å². The third-order valence-corrected chi connectivity index (χ3v) is 5.75. The maximum atomic E-state index is 12.7. The smallest absolute Gasteiger partial charge is 0.276 e. The van der Waals surface area contributed by atoms with E-state index in [0.29, 0.717) is 53.5 Å². The molecule has 0 atom stereocenters. The van der Waals surface area contributed by atoms with E-state index in [-0.39, 0.29) is 18.3 Å². The first-order chi connectivity index (χ1) is 18.4. The van der Waals surface area contributed by atoms with E-state index in [1.165, 1.54) is 4.68 Å². The number of aryl methyl sites for hydroxylation is 1. The summed E-state index contributed by atoms with van der Waals surface area (Å²) < 4.78 is 24.4. The summed E-state index contributed by atoms with van der Waals surface area (Å²) in [6, 6.07) is 20.1. The number of aromatic nitrogens is 2. The Labute approximate surface area is 227 Å². The fourth-order valence-electron chi connectivity index (χ4n) is 3.59. The quantitative estimate of drug-likeness (QED) is 0.222. The molecule has 0 saturated carbocycles. The Kier molecular flexibility index (Phi) is 9.11. The molecule has 198 valence electrons. The van der Waals surface area contributed by atoms with E-state index in [0.717, 1.165) is 11.1 Å². The van der Waals surface area contributed by atoms with Gasteiger partial charge in [-0.1, -0.05) is 23.7 Å². The molecule has 0 fully saturated rings. The largest absolute Gasteiger partial charge is 0.490 e. The maximum absolute atomic E-state index is 12.7. The van der Waals surface area contributed by atoms with Crippen LogP contribution >= 0.6 is 11.6 Å². The molecule has 38 heavy (non-hydrogen) atoms. The average Bonchev–Trinajstić information content (AvgIpc) is 3.40. The third kappa shape index (κ3) is 7.20. The van der Waals surface area contributed by atoms with Gasteiger partial charge in [-0.05, 0) is 86.5 Å². The SMILES string of the molecule is CCOc1ccc(COc2ccc(NC(=O)c3ccn(COc4cc(C)ccc4Cl)n3)cc2)cc1OCC. The number of nitrogens with zero attached hydrogens (tertiary/aromatic N) is 2. The second kappa shape index (κ2) is 12.9. The molecule has 0 aliphatic carbocycles. The number of benzene rings is 3. The number of carbonyl (C=O) groups excluding carboxylic acids is 1. The van der Waals surface area contributed by atoms with Gasteiger partial charge in [-0.3, -0.25) is 4.79 Å². The molecule has 0 aliphatic heterocycles. The number of ether oxygens (including phenoxy) is 4. The zero-order valence-corrected chi connectivity index (χ0v) is 22.3. The van der Waals surface area contributed by atoms with E-state index < -0.39 is 0 Å². The minimum Gasteiger partial charge on any atom is -0.490 e. The molecule has 9 heteroatoms. The third-order valence-electron chi connectivity index (χ3n) is 5.44. The monoisotopic (exact) mass is 535 g/mol. The fourth-order valence-corrected chi connectivity index (χ4v) is 3.77. The highest BCUT2D eigenvalue weighted by molar-refractivity contribution is 6.32. The molecule has 0 spiro atoms. The summed E-state index contributed by atoms with van der Waals surface area (Å²) in [7, 11) is 0. The van der Waals surface area contributed by atoms with E-state index >= 15 is 0 Å². The van der Waals surface area contributed by atoms with Gasteiger partial charge >= 0.3 is 0 Å². The summed E-state index contributed by atoms with van der Waals surface area (Å²) in [4.78, 5) is 12.7. The number of nitrogens with one attached hydrogen (secondary N) is 1. The summed E-state index contributed by atoms with van der Waals surface area (Å²) in [6.45, 7) is 7.44. The van der Waals surface area contributed by atoms with Gasteiger partial charge in [0.2, 0.25) is 0 Å². The molecule has 4 aromatic rings. The summed E-state index contributed by atoms with van der Waals surface area (Å²) in [5.41, 5.74) is 2.89. The normalized spacial score (nSPS) is 10.6. The molecule has 4 rings (SSSR count). The van der Waals surface area contributed by atoms with Crippen molar-refractivity contribution in [3.8, 4) is 23.0 Å². The van der Waals surface area contributed by atoms with Crippen molar-refractivity contribution in [1.29, 1.82) is 0 Å². The molecule has 3 aromatic carbocycles. The Balaban J connectivity index is 1.29. The lowest BCUT2D eigenvalue weighted by Crippen LogP contribution is -2.14. The van der Waals surface area contributed by atoms with Crippen LogP contribution in [0.3, 0.4) is 0 Å². The van der Waals surface area contributed by atoms with Crippen LogP contribution in [0.2, 0.25) is 5.02 Å². The van der Waals surface area contributed by atoms with E-state index in [4.69, 9.17) is 30.5 Å². The minimum absolute atomic E-state index is 0.128. The van der Waals surface area contributed by atoms with E-state index in [1.54, 1.807) is 42.6 Å². The van der Waals surface area contributed by atoms with Crippen LogP contribution in [0.1, 0.15) is 35.5 Å². The lowest BCUT2D eigenvalue weighted by atomic mass is 10.2. The van der Waals surface area contributed by atoms with Crippen LogP contribution in [0.5, 0.6) is 23.0 Å². The number of anilines is 1. The number of hydrogen-bond donors (Lipinski definition) is 1. The first-order valence-corrected chi connectivity index (χ1v) is 12.7. The van der Waals surface area contributed by atoms with Crippen molar-refractivity contribution in [2.75, 3.05) is 18.5 Å². The zero-order valence-electron chi connectivity index (χ0n) is 21.6. The Morgan fingerprint density at radius 3 is 2.39 bits per heavy atom. The number of rotatable bonds is 12. The highest BCUT2D eigenvalue weighted by Crippen LogP contribution is 2.29. The van der Waals surface area contributed by atoms with Gasteiger partial charge in [-0.2, -0.15) is 5.10 Å². The molecule has 1 N–H and O–H groups in total. The topological polar surface area (TPSA) is 83.8 Å². The molecular weight excluding hydrogens is 506 g/mol. The van der Waals surface area contributed by atoms with E-state index in [1.807, 2.05) is 51.1 Å². The Morgan fingerprint density at radius 2 is 1.63 bits per heavy atom. The molecule has 0 radical (unpaired) electrons. The van der Waals surface area contributed by atoms with Crippen LogP contribution in [-0.2, 0) is 13.3 Å². The summed E-state index contributed by atoms with van der Waals surface area (Å²) >= 11 is 6.17. The lowest BCUT2D eigenvalue weighted by Gasteiger charge is -2.13. The Hall–Kier alpha value is -4.17. The van der Waals surface area contributed by atoms with Crippen molar-refractivity contribution >= 4 is 23.2 Å². The molecule has 8 nitrogen and oxygen atoms in total. The minimum atomic E-state index is -0.330. The van der Waals surface area contributed by atoms with Crippen molar-refractivity contribution in [2.45, 2.75) is 34.1 Å². The second-order valence-corrected chi connectivity index (χ2v) is 8.77. The van der Waals surface area contributed by atoms with Crippen LogP contribution in [0.15, 0.2) is 72.9 Å². The standard InChI is InChI=1S/C29H30ClN3O5/c1-4-35-26-13-7-21(17-28(26)36-5-2)18-37-23-10-8-22(9-11-23)31-29(34)25-14-15-33(32-25)19-38-27-16-20(3)6-12-24(27)30/h6-17H,4-5,18-19H2,1-3H3,(H,31,34). The van der Waals surface area contributed by atoms with Gasteiger partial charge in [0.1, 0.15) is 18.1 Å². The molecular formula is C29H30ClN3O5. The highest BCUT2D eigenvalue weighted by atomic mass is 35.5. The predicted octanol–water partition coefficient (Wildman–Crippen LogP) is 6.51. The first-order valence-electron chi connectivity index (χ1n) is 12.3. The Morgan fingerprint density at radius 1 is 0.868 bits per heavy atom. The number of hydrogen-bond acceptors (Lipinski definition) is 6.